The molecule has 0 N–H and O–H groups in total. The highest BCUT2D eigenvalue weighted by Gasteiger charge is 2.40. The van der Waals surface area contributed by atoms with Gasteiger partial charge in [0.2, 0.25) is 5.91 Å². The van der Waals surface area contributed by atoms with Crippen molar-refractivity contribution in [3.05, 3.63) is 36.2 Å². The van der Waals surface area contributed by atoms with E-state index < -0.39 is 16.1 Å². The van der Waals surface area contributed by atoms with Crippen LogP contribution in [0.3, 0.4) is 0 Å². The molecule has 1 aliphatic heterocycles. The Labute approximate surface area is 146 Å². The number of likely N-dealkylation sites (tertiary alicyclic amines) is 1. The average Bonchev–Trinajstić information content (AvgIpc) is 2.54. The number of rotatable bonds is 6. The molecule has 133 valence electrons. The second-order valence-electron chi connectivity index (χ2n) is 7.09. The van der Waals surface area contributed by atoms with Crippen molar-refractivity contribution in [2.45, 2.75) is 33.6 Å². The maximum atomic E-state index is 13.1. The van der Waals surface area contributed by atoms with Crippen LogP contribution in [-0.4, -0.2) is 44.7 Å². The Hall–Kier alpha value is -1.40. The first-order valence-electron chi connectivity index (χ1n) is 8.32. The minimum Gasteiger partial charge on any atom is -0.303 e. The summed E-state index contributed by atoms with van der Waals surface area (Å²) in [6.07, 6.45) is 1.50. The summed E-state index contributed by atoms with van der Waals surface area (Å²) in [5, 5.41) is 0. The normalized spacial score (nSPS) is 18.0. The first-order valence-corrected chi connectivity index (χ1v) is 9.68. The lowest BCUT2D eigenvalue weighted by molar-refractivity contribution is -0.129. The molecular weight excluding hydrogens is 324 g/mol. The number of carbonyl (C=O) groups is 1. The molecule has 1 amide bonds. The first-order chi connectivity index (χ1) is 11.3. The third-order valence-corrected chi connectivity index (χ3v) is 5.10. The van der Waals surface area contributed by atoms with Crippen LogP contribution in [0.1, 0.15) is 33.6 Å². The van der Waals surface area contributed by atoms with E-state index in [1.54, 1.807) is 12.1 Å². The molecule has 0 bridgehead atoms. The van der Waals surface area contributed by atoms with Crippen LogP contribution in [0.15, 0.2) is 30.3 Å². The topological polar surface area (TPSA) is 57.7 Å². The molecule has 0 aromatic heterocycles. The molecule has 1 aromatic rings. The van der Waals surface area contributed by atoms with Crippen LogP contribution in [0.25, 0.3) is 0 Å². The third kappa shape index (κ3) is 4.80. The van der Waals surface area contributed by atoms with E-state index in [2.05, 4.69) is 18.7 Å². The predicted octanol–water partition coefficient (Wildman–Crippen LogP) is 2.30. The minimum atomic E-state index is -2.67. The molecule has 6 heteroatoms. The Morgan fingerprint density at radius 2 is 1.75 bits per heavy atom. The molecule has 0 aliphatic carbocycles. The number of anilines is 1. The third-order valence-electron chi connectivity index (χ3n) is 4.59. The molecule has 2 rings (SSSR count). The zero-order chi connectivity index (χ0) is 17.7. The number of para-hydroxylation sites is 1. The molecule has 1 aliphatic rings. The zero-order valence-electron chi connectivity index (χ0n) is 14.7. The van der Waals surface area contributed by atoms with Crippen molar-refractivity contribution >= 4 is 22.3 Å². The van der Waals surface area contributed by atoms with Gasteiger partial charge in [-0.3, -0.25) is 9.69 Å². The summed E-state index contributed by atoms with van der Waals surface area (Å²) in [6, 6.07) is 9.05. The second-order valence-corrected chi connectivity index (χ2v) is 8.04. The minimum absolute atomic E-state index is 0.0928. The monoisotopic (exact) mass is 351 g/mol. The summed E-state index contributed by atoms with van der Waals surface area (Å²) in [6.45, 7) is 8.86. The van der Waals surface area contributed by atoms with Crippen LogP contribution in [0.2, 0.25) is 0 Å². The number of benzene rings is 1. The van der Waals surface area contributed by atoms with E-state index in [9.17, 15) is 13.2 Å². The number of hydrogen-bond donors (Lipinski definition) is 1. The number of piperidine rings is 1. The highest BCUT2D eigenvalue weighted by Crippen LogP contribution is 2.34. The predicted molar refractivity (Wildman–Crippen MR) is 97.5 cm³/mol. The SMILES string of the molecule is C[C](C)CN1CCC(C)(C(=O)N(C[SH](=O)=O)c2ccccc2)CC1. The molecule has 0 atom stereocenters. The molecule has 1 radical (unpaired) electrons. The maximum Gasteiger partial charge on any atom is 0.233 e. The summed E-state index contributed by atoms with van der Waals surface area (Å²) >= 11 is 0. The van der Waals surface area contributed by atoms with Gasteiger partial charge in [0.25, 0.3) is 0 Å². The van der Waals surface area contributed by atoms with Gasteiger partial charge in [0.15, 0.2) is 10.7 Å². The Balaban J connectivity index is 2.14. The molecule has 0 spiro atoms. The van der Waals surface area contributed by atoms with Crippen molar-refractivity contribution < 1.29 is 13.2 Å². The molecule has 0 saturated carbocycles. The number of thiol groups is 1. The summed E-state index contributed by atoms with van der Waals surface area (Å²) in [5.74, 6) is 1.00. The number of hydrogen-bond acceptors (Lipinski definition) is 4. The second kappa shape index (κ2) is 8.12. The lowest BCUT2D eigenvalue weighted by Crippen LogP contribution is -2.49. The van der Waals surface area contributed by atoms with Gasteiger partial charge in [-0.1, -0.05) is 39.0 Å². The largest absolute Gasteiger partial charge is 0.303 e. The molecule has 1 heterocycles. The Kier molecular flexibility index (Phi) is 6.40. The van der Waals surface area contributed by atoms with Crippen molar-refractivity contribution in [2.24, 2.45) is 5.41 Å². The Morgan fingerprint density at radius 1 is 1.17 bits per heavy atom. The van der Waals surface area contributed by atoms with Gasteiger partial charge in [-0.25, -0.2) is 8.42 Å². The van der Waals surface area contributed by atoms with E-state index in [1.165, 1.54) is 10.8 Å². The van der Waals surface area contributed by atoms with Crippen LogP contribution < -0.4 is 4.90 Å². The van der Waals surface area contributed by atoms with Gasteiger partial charge in [0, 0.05) is 17.6 Å². The van der Waals surface area contributed by atoms with Crippen LogP contribution in [-0.2, 0) is 15.5 Å². The van der Waals surface area contributed by atoms with Crippen LogP contribution in [0.4, 0.5) is 5.69 Å². The van der Waals surface area contributed by atoms with Gasteiger partial charge in [-0.2, -0.15) is 0 Å². The summed E-state index contributed by atoms with van der Waals surface area (Å²) in [5.41, 5.74) is 0.127. The zero-order valence-corrected chi connectivity index (χ0v) is 15.6. The lowest BCUT2D eigenvalue weighted by atomic mass is 9.79. The van der Waals surface area contributed by atoms with E-state index in [0.29, 0.717) is 5.69 Å². The van der Waals surface area contributed by atoms with E-state index in [0.717, 1.165) is 32.5 Å². The standard InChI is InChI=1S/C18H27N2O3S/c1-15(2)13-19-11-9-18(3,10-12-19)17(21)20(14-24(22)23)16-7-5-4-6-8-16/h4-8,24H,9-14H2,1-3H3. The van der Waals surface area contributed by atoms with E-state index >= 15 is 0 Å². The number of amides is 1. The van der Waals surface area contributed by atoms with Gasteiger partial charge >= 0.3 is 0 Å². The van der Waals surface area contributed by atoms with E-state index in [-0.39, 0.29) is 11.8 Å². The molecule has 5 nitrogen and oxygen atoms in total. The van der Waals surface area contributed by atoms with Gasteiger partial charge in [0.05, 0.1) is 0 Å². The van der Waals surface area contributed by atoms with Gasteiger partial charge < -0.3 is 4.90 Å². The Bertz CT molecular complexity index is 612. The first kappa shape index (κ1) is 18.9. The molecule has 1 fully saturated rings. The quantitative estimate of drug-likeness (QED) is 0.799. The lowest BCUT2D eigenvalue weighted by Gasteiger charge is -2.41. The van der Waals surface area contributed by atoms with Gasteiger partial charge in [-0.05, 0) is 44.0 Å². The molecule has 1 saturated heterocycles. The molecular formula is C18H27N2O3S. The van der Waals surface area contributed by atoms with Crippen LogP contribution in [0, 0.1) is 11.3 Å². The van der Waals surface area contributed by atoms with Crippen LogP contribution in [0.5, 0.6) is 0 Å². The van der Waals surface area contributed by atoms with Crippen molar-refractivity contribution in [1.29, 1.82) is 0 Å². The summed E-state index contributed by atoms with van der Waals surface area (Å²) in [4.78, 5) is 16.9. The van der Waals surface area contributed by atoms with Gasteiger partial charge in [-0.15, -0.1) is 0 Å². The van der Waals surface area contributed by atoms with Crippen molar-refractivity contribution in [1.82, 2.24) is 4.90 Å². The summed E-state index contributed by atoms with van der Waals surface area (Å²) in [7, 11) is -2.67. The fourth-order valence-electron chi connectivity index (χ4n) is 3.18. The summed E-state index contributed by atoms with van der Waals surface area (Å²) < 4.78 is 22.6. The molecule has 1 aromatic carbocycles. The number of carbonyl (C=O) groups excluding carboxylic acids is 1. The number of nitrogens with zero attached hydrogens (tertiary/aromatic N) is 2. The highest BCUT2D eigenvalue weighted by atomic mass is 32.2. The molecule has 0 unspecified atom stereocenters. The molecule has 24 heavy (non-hydrogen) atoms. The fourth-order valence-corrected chi connectivity index (χ4v) is 3.70. The van der Waals surface area contributed by atoms with Crippen molar-refractivity contribution in [3.63, 3.8) is 0 Å². The van der Waals surface area contributed by atoms with E-state index in [4.69, 9.17) is 0 Å². The fraction of sp³-hybridized carbons (Fsp3) is 0.556. The smallest absolute Gasteiger partial charge is 0.233 e. The average molecular weight is 351 g/mol. The highest BCUT2D eigenvalue weighted by molar-refractivity contribution is 7.72. The maximum absolute atomic E-state index is 13.1. The Morgan fingerprint density at radius 3 is 2.25 bits per heavy atom. The van der Waals surface area contributed by atoms with Crippen molar-refractivity contribution in [2.75, 3.05) is 30.4 Å². The van der Waals surface area contributed by atoms with Crippen molar-refractivity contribution in [3.8, 4) is 0 Å². The van der Waals surface area contributed by atoms with Crippen LogP contribution >= 0.6 is 0 Å². The van der Waals surface area contributed by atoms with Gasteiger partial charge in [0.1, 0.15) is 5.88 Å². The van der Waals surface area contributed by atoms with E-state index in [1.807, 2.05) is 25.1 Å².